The summed E-state index contributed by atoms with van der Waals surface area (Å²) in [6.45, 7) is 5.17. The summed E-state index contributed by atoms with van der Waals surface area (Å²) in [6, 6.07) is 10.6. The van der Waals surface area contributed by atoms with Gasteiger partial charge in [0.25, 0.3) is 11.8 Å². The number of rotatable bonds is 4. The summed E-state index contributed by atoms with van der Waals surface area (Å²) in [4.78, 5) is 42.2. The molecule has 6 nitrogen and oxygen atoms in total. The van der Waals surface area contributed by atoms with Crippen LogP contribution < -0.4 is 10.2 Å². The smallest absolute Gasteiger partial charge is 0.282 e. The minimum absolute atomic E-state index is 0.172. The van der Waals surface area contributed by atoms with Gasteiger partial charge in [-0.3, -0.25) is 14.4 Å². The van der Waals surface area contributed by atoms with Gasteiger partial charge in [0.1, 0.15) is 5.70 Å². The summed E-state index contributed by atoms with van der Waals surface area (Å²) in [5, 5.41) is 4.62. The van der Waals surface area contributed by atoms with Crippen molar-refractivity contribution in [1.82, 2.24) is 4.90 Å². The standard InChI is InChI=1S/C22H23N3O3S/c1-14-5-3-11-24(13-14)20-19(18-6-4-12-29-18)21(27)25(22(20)28)17-9-7-16(8-10-17)23-15(2)26/h4,6-10,12,14H,3,5,11,13H2,1-2H3,(H,23,26). The molecule has 1 N–H and O–H groups in total. The largest absolute Gasteiger partial charge is 0.366 e. The Bertz CT molecular complexity index is 979. The normalized spacial score (nSPS) is 19.9. The molecular weight excluding hydrogens is 386 g/mol. The number of nitrogens with zero attached hydrogens (tertiary/aromatic N) is 2. The Morgan fingerprint density at radius 3 is 2.52 bits per heavy atom. The Morgan fingerprint density at radius 1 is 1.14 bits per heavy atom. The molecule has 3 heterocycles. The number of imide groups is 1. The van der Waals surface area contributed by atoms with E-state index in [1.807, 2.05) is 17.5 Å². The van der Waals surface area contributed by atoms with E-state index in [2.05, 4.69) is 17.1 Å². The molecule has 1 atom stereocenters. The Morgan fingerprint density at radius 2 is 1.90 bits per heavy atom. The lowest BCUT2D eigenvalue weighted by Gasteiger charge is -2.33. The molecule has 0 saturated carbocycles. The molecule has 7 heteroatoms. The van der Waals surface area contributed by atoms with Gasteiger partial charge in [0.2, 0.25) is 5.91 Å². The minimum atomic E-state index is -0.294. The molecule has 1 aromatic heterocycles. The highest BCUT2D eigenvalue weighted by molar-refractivity contribution is 7.11. The number of piperidine rings is 1. The first-order valence-electron chi connectivity index (χ1n) is 9.75. The molecule has 1 aromatic carbocycles. The molecule has 29 heavy (non-hydrogen) atoms. The zero-order valence-corrected chi connectivity index (χ0v) is 17.3. The Hall–Kier alpha value is -2.93. The lowest BCUT2D eigenvalue weighted by Crippen LogP contribution is -2.39. The van der Waals surface area contributed by atoms with E-state index in [4.69, 9.17) is 0 Å². The highest BCUT2D eigenvalue weighted by Gasteiger charge is 2.43. The predicted octanol–water partition coefficient (Wildman–Crippen LogP) is 3.72. The molecule has 1 saturated heterocycles. The molecule has 1 fully saturated rings. The Balaban J connectivity index is 1.71. The molecule has 150 valence electrons. The summed E-state index contributed by atoms with van der Waals surface area (Å²) in [6.07, 6.45) is 2.14. The van der Waals surface area contributed by atoms with Crippen LogP contribution in [0, 0.1) is 5.92 Å². The van der Waals surface area contributed by atoms with Crippen molar-refractivity contribution >= 4 is 46.0 Å². The molecule has 0 aliphatic carbocycles. The van der Waals surface area contributed by atoms with Crippen molar-refractivity contribution in [3.63, 3.8) is 0 Å². The second-order valence-corrected chi connectivity index (χ2v) is 8.52. The maximum atomic E-state index is 13.4. The van der Waals surface area contributed by atoms with E-state index in [-0.39, 0.29) is 17.7 Å². The third-order valence-electron chi connectivity index (χ3n) is 5.25. The molecule has 2 aromatic rings. The summed E-state index contributed by atoms with van der Waals surface area (Å²) < 4.78 is 0. The van der Waals surface area contributed by atoms with Crippen LogP contribution >= 0.6 is 11.3 Å². The molecule has 4 rings (SSSR count). The third-order valence-corrected chi connectivity index (χ3v) is 6.13. The summed E-state index contributed by atoms with van der Waals surface area (Å²) in [5.74, 6) is -0.262. The number of benzene rings is 1. The maximum absolute atomic E-state index is 13.4. The van der Waals surface area contributed by atoms with Gasteiger partial charge >= 0.3 is 0 Å². The number of carbonyl (C=O) groups is 3. The molecule has 0 spiro atoms. The number of amides is 3. The van der Waals surface area contributed by atoms with Crippen LogP contribution in [0.2, 0.25) is 0 Å². The van der Waals surface area contributed by atoms with Gasteiger partial charge in [-0.2, -0.15) is 0 Å². The lowest BCUT2D eigenvalue weighted by molar-refractivity contribution is -0.121. The van der Waals surface area contributed by atoms with Crippen LogP contribution in [0.4, 0.5) is 11.4 Å². The van der Waals surface area contributed by atoms with Gasteiger partial charge in [-0.1, -0.05) is 13.0 Å². The fourth-order valence-electron chi connectivity index (χ4n) is 3.98. The number of thiophene rings is 1. The van der Waals surface area contributed by atoms with Crippen molar-refractivity contribution in [2.45, 2.75) is 26.7 Å². The zero-order chi connectivity index (χ0) is 20.5. The fourth-order valence-corrected chi connectivity index (χ4v) is 4.74. The number of carbonyl (C=O) groups excluding carboxylic acids is 3. The molecule has 2 aliphatic heterocycles. The second kappa shape index (κ2) is 7.83. The van der Waals surface area contributed by atoms with Crippen LogP contribution in [-0.4, -0.2) is 35.7 Å². The van der Waals surface area contributed by atoms with E-state index in [9.17, 15) is 14.4 Å². The first kappa shape index (κ1) is 19.4. The second-order valence-electron chi connectivity index (χ2n) is 7.57. The summed E-state index contributed by atoms with van der Waals surface area (Å²) in [7, 11) is 0. The van der Waals surface area contributed by atoms with E-state index < -0.39 is 0 Å². The van der Waals surface area contributed by atoms with Crippen LogP contribution in [0.15, 0.2) is 47.5 Å². The van der Waals surface area contributed by atoms with E-state index in [0.717, 1.165) is 30.8 Å². The molecular formula is C22H23N3O3S. The van der Waals surface area contributed by atoms with Crippen molar-refractivity contribution in [2.75, 3.05) is 23.3 Å². The number of nitrogens with one attached hydrogen (secondary N) is 1. The molecule has 1 unspecified atom stereocenters. The van der Waals surface area contributed by atoms with E-state index in [1.54, 1.807) is 24.3 Å². The first-order valence-corrected chi connectivity index (χ1v) is 10.6. The average molecular weight is 410 g/mol. The number of hydrogen-bond acceptors (Lipinski definition) is 5. The average Bonchev–Trinajstić information content (AvgIpc) is 3.28. The third kappa shape index (κ3) is 3.70. The lowest BCUT2D eigenvalue weighted by atomic mass is 9.99. The van der Waals surface area contributed by atoms with Gasteiger partial charge in [-0.25, -0.2) is 4.90 Å². The number of hydrogen-bond donors (Lipinski definition) is 1. The zero-order valence-electron chi connectivity index (χ0n) is 16.5. The van der Waals surface area contributed by atoms with Gasteiger partial charge in [0.15, 0.2) is 0 Å². The monoisotopic (exact) mass is 409 g/mol. The highest BCUT2D eigenvalue weighted by Crippen LogP contribution is 2.38. The quantitative estimate of drug-likeness (QED) is 0.782. The van der Waals surface area contributed by atoms with Crippen LogP contribution in [0.3, 0.4) is 0 Å². The number of anilines is 2. The van der Waals surface area contributed by atoms with E-state index in [1.165, 1.54) is 23.2 Å². The van der Waals surface area contributed by atoms with E-state index in [0.29, 0.717) is 28.6 Å². The fraction of sp³-hybridized carbons (Fsp3) is 0.318. The van der Waals surface area contributed by atoms with Crippen LogP contribution in [0.5, 0.6) is 0 Å². The van der Waals surface area contributed by atoms with Gasteiger partial charge in [0, 0.05) is 30.6 Å². The Kier molecular flexibility index (Phi) is 5.24. The summed E-state index contributed by atoms with van der Waals surface area (Å²) in [5.41, 5.74) is 2.13. The van der Waals surface area contributed by atoms with Crippen molar-refractivity contribution in [3.05, 3.63) is 52.4 Å². The van der Waals surface area contributed by atoms with Gasteiger partial charge in [0.05, 0.1) is 11.3 Å². The van der Waals surface area contributed by atoms with Crippen molar-refractivity contribution in [1.29, 1.82) is 0 Å². The summed E-state index contributed by atoms with van der Waals surface area (Å²) >= 11 is 1.47. The first-order chi connectivity index (χ1) is 14.0. The van der Waals surface area contributed by atoms with Gasteiger partial charge in [-0.05, 0) is 54.5 Å². The SMILES string of the molecule is CC(=O)Nc1ccc(N2C(=O)C(c3cccs3)=C(N3CCCC(C)C3)C2=O)cc1. The minimum Gasteiger partial charge on any atom is -0.366 e. The Labute approximate surface area is 173 Å². The van der Waals surface area contributed by atoms with Gasteiger partial charge < -0.3 is 10.2 Å². The topological polar surface area (TPSA) is 69.7 Å². The van der Waals surface area contributed by atoms with Crippen LogP contribution in [0.1, 0.15) is 31.6 Å². The van der Waals surface area contributed by atoms with Crippen molar-refractivity contribution < 1.29 is 14.4 Å². The highest BCUT2D eigenvalue weighted by atomic mass is 32.1. The van der Waals surface area contributed by atoms with Crippen molar-refractivity contribution in [3.8, 4) is 0 Å². The molecule has 3 amide bonds. The van der Waals surface area contributed by atoms with Crippen LogP contribution in [0.25, 0.3) is 5.57 Å². The van der Waals surface area contributed by atoms with E-state index >= 15 is 0 Å². The van der Waals surface area contributed by atoms with Crippen LogP contribution in [-0.2, 0) is 14.4 Å². The molecule has 0 radical (unpaired) electrons. The molecule has 0 bridgehead atoms. The van der Waals surface area contributed by atoms with Gasteiger partial charge in [-0.15, -0.1) is 11.3 Å². The maximum Gasteiger partial charge on any atom is 0.282 e. The number of likely N-dealkylation sites (tertiary alicyclic amines) is 1. The predicted molar refractivity (Wildman–Crippen MR) is 114 cm³/mol. The molecule has 2 aliphatic rings. The van der Waals surface area contributed by atoms with Crippen molar-refractivity contribution in [2.24, 2.45) is 5.92 Å².